The zero-order chi connectivity index (χ0) is 22.5. The lowest BCUT2D eigenvalue weighted by Gasteiger charge is -2.18. The third-order valence-corrected chi connectivity index (χ3v) is 5.89. The Hall–Kier alpha value is -3.45. The van der Waals surface area contributed by atoms with Crippen LogP contribution in [0.4, 0.5) is 0 Å². The first-order valence-corrected chi connectivity index (χ1v) is 11.1. The molecule has 0 spiro atoms. The number of carbonyl (C=O) groups excluding carboxylic acids is 1. The third kappa shape index (κ3) is 4.43. The molecule has 0 radical (unpaired) electrons. The van der Waals surface area contributed by atoms with Crippen molar-refractivity contribution in [2.45, 2.75) is 26.9 Å². The average molecular weight is 432 g/mol. The van der Waals surface area contributed by atoms with E-state index in [0.29, 0.717) is 18.6 Å². The molecule has 0 aliphatic rings. The highest BCUT2D eigenvalue weighted by atomic mass is 16.2. The molecule has 4 rings (SSSR count). The van der Waals surface area contributed by atoms with Gasteiger partial charge in [-0.1, -0.05) is 62.4 Å². The van der Waals surface area contributed by atoms with Gasteiger partial charge in [-0.25, -0.2) is 4.68 Å². The van der Waals surface area contributed by atoms with Gasteiger partial charge in [0, 0.05) is 35.9 Å². The van der Waals surface area contributed by atoms with E-state index in [-0.39, 0.29) is 18.0 Å². The molecule has 166 valence electrons. The molecule has 0 fully saturated rings. The standard InChI is InChI=1S/C25H29N5O2/c1-3-28(4-2)15-14-26-23(31)18-30-25(32)24-21(16-27-30)20-12-8-9-13-22(20)29(24)17-19-10-6-5-7-11-19/h5-13,16H,3-4,14-15,17-18H2,1-2H3,(H,26,31). The Balaban J connectivity index is 1.65. The second-order valence-corrected chi connectivity index (χ2v) is 7.84. The van der Waals surface area contributed by atoms with Gasteiger partial charge in [-0.3, -0.25) is 9.59 Å². The fourth-order valence-corrected chi connectivity index (χ4v) is 4.12. The second kappa shape index (κ2) is 9.78. The molecule has 7 nitrogen and oxygen atoms in total. The Morgan fingerprint density at radius 3 is 2.47 bits per heavy atom. The lowest BCUT2D eigenvalue weighted by molar-refractivity contribution is -0.121. The van der Waals surface area contributed by atoms with Gasteiger partial charge in [0.2, 0.25) is 5.91 Å². The number of likely N-dealkylation sites (N-methyl/N-ethyl adjacent to an activating group) is 1. The molecule has 0 aliphatic carbocycles. The zero-order valence-electron chi connectivity index (χ0n) is 18.6. The van der Waals surface area contributed by atoms with Crippen LogP contribution in [0, 0.1) is 0 Å². The first-order chi connectivity index (χ1) is 15.6. The van der Waals surface area contributed by atoms with Crippen LogP contribution in [0.2, 0.25) is 0 Å². The van der Waals surface area contributed by atoms with E-state index in [1.807, 2.05) is 59.2 Å². The highest BCUT2D eigenvalue weighted by Gasteiger charge is 2.17. The van der Waals surface area contributed by atoms with Crippen LogP contribution in [0.1, 0.15) is 19.4 Å². The zero-order valence-corrected chi connectivity index (χ0v) is 18.6. The molecule has 2 aromatic heterocycles. The van der Waals surface area contributed by atoms with Gasteiger partial charge in [-0.2, -0.15) is 5.10 Å². The number of benzene rings is 2. The van der Waals surface area contributed by atoms with Crippen LogP contribution in [-0.2, 0) is 17.9 Å². The average Bonchev–Trinajstić information content (AvgIpc) is 3.13. The van der Waals surface area contributed by atoms with Gasteiger partial charge in [0.15, 0.2) is 0 Å². The molecule has 2 heterocycles. The number of rotatable bonds is 9. The predicted molar refractivity (Wildman–Crippen MR) is 128 cm³/mol. The van der Waals surface area contributed by atoms with Crippen molar-refractivity contribution >= 4 is 27.7 Å². The lowest BCUT2D eigenvalue weighted by atomic mass is 10.2. The van der Waals surface area contributed by atoms with Crippen molar-refractivity contribution in [3.8, 4) is 0 Å². The van der Waals surface area contributed by atoms with Gasteiger partial charge in [0.25, 0.3) is 5.56 Å². The summed E-state index contributed by atoms with van der Waals surface area (Å²) in [4.78, 5) is 28.1. The van der Waals surface area contributed by atoms with Crippen molar-refractivity contribution in [3.05, 3.63) is 76.7 Å². The van der Waals surface area contributed by atoms with Gasteiger partial charge in [-0.05, 0) is 24.7 Å². The number of nitrogens with zero attached hydrogens (tertiary/aromatic N) is 4. The fraction of sp³-hybridized carbons (Fsp3) is 0.320. The molecule has 0 atom stereocenters. The number of hydrogen-bond donors (Lipinski definition) is 1. The molecule has 4 aromatic rings. The van der Waals surface area contributed by atoms with Crippen LogP contribution >= 0.6 is 0 Å². The van der Waals surface area contributed by atoms with Gasteiger partial charge < -0.3 is 14.8 Å². The van der Waals surface area contributed by atoms with Crippen molar-refractivity contribution in [2.75, 3.05) is 26.2 Å². The molecular formula is C25H29N5O2. The predicted octanol–water partition coefficient (Wildman–Crippen LogP) is 2.86. The molecule has 1 amide bonds. The summed E-state index contributed by atoms with van der Waals surface area (Å²) in [5, 5.41) is 9.00. The van der Waals surface area contributed by atoms with Crippen molar-refractivity contribution < 1.29 is 4.79 Å². The Kier molecular flexibility index (Phi) is 6.66. The summed E-state index contributed by atoms with van der Waals surface area (Å²) < 4.78 is 3.29. The summed E-state index contributed by atoms with van der Waals surface area (Å²) in [6, 6.07) is 18.0. The van der Waals surface area contributed by atoms with E-state index in [9.17, 15) is 9.59 Å². The molecule has 0 saturated heterocycles. The van der Waals surface area contributed by atoms with Crippen LogP contribution in [0.25, 0.3) is 21.8 Å². The second-order valence-electron chi connectivity index (χ2n) is 7.84. The van der Waals surface area contributed by atoms with Crippen LogP contribution in [0.15, 0.2) is 65.6 Å². The Morgan fingerprint density at radius 1 is 1.00 bits per heavy atom. The molecule has 2 aromatic carbocycles. The van der Waals surface area contributed by atoms with Crippen LogP contribution in [-0.4, -0.2) is 51.3 Å². The van der Waals surface area contributed by atoms with Crippen LogP contribution in [0.3, 0.4) is 0 Å². The first kappa shape index (κ1) is 21.8. The van der Waals surface area contributed by atoms with Crippen molar-refractivity contribution in [2.24, 2.45) is 0 Å². The van der Waals surface area contributed by atoms with Crippen LogP contribution in [0.5, 0.6) is 0 Å². The number of fused-ring (bicyclic) bond motifs is 3. The summed E-state index contributed by atoms with van der Waals surface area (Å²) in [6.07, 6.45) is 1.70. The maximum Gasteiger partial charge on any atom is 0.291 e. The van der Waals surface area contributed by atoms with E-state index in [1.165, 1.54) is 4.68 Å². The topological polar surface area (TPSA) is 72.2 Å². The van der Waals surface area contributed by atoms with E-state index in [1.54, 1.807) is 6.20 Å². The monoisotopic (exact) mass is 431 g/mol. The quantitative estimate of drug-likeness (QED) is 0.442. The molecule has 0 aliphatic heterocycles. The number of carbonyl (C=O) groups is 1. The molecule has 1 N–H and O–H groups in total. The molecule has 7 heteroatoms. The Labute approximate surface area is 187 Å². The number of aromatic nitrogens is 3. The van der Waals surface area contributed by atoms with Crippen LogP contribution < -0.4 is 10.9 Å². The van der Waals surface area contributed by atoms with Gasteiger partial charge in [0.05, 0.1) is 6.20 Å². The molecule has 0 unspecified atom stereocenters. The molecule has 0 bridgehead atoms. The minimum absolute atomic E-state index is 0.0973. The number of para-hydroxylation sites is 1. The summed E-state index contributed by atoms with van der Waals surface area (Å²) in [7, 11) is 0. The smallest absolute Gasteiger partial charge is 0.291 e. The maximum atomic E-state index is 13.4. The summed E-state index contributed by atoms with van der Waals surface area (Å²) in [6.45, 7) is 7.88. The summed E-state index contributed by atoms with van der Waals surface area (Å²) >= 11 is 0. The minimum atomic E-state index is -0.256. The number of hydrogen-bond acceptors (Lipinski definition) is 4. The van der Waals surface area contributed by atoms with Crippen molar-refractivity contribution in [3.63, 3.8) is 0 Å². The highest BCUT2D eigenvalue weighted by molar-refractivity contribution is 6.07. The van der Waals surface area contributed by atoms with E-state index in [4.69, 9.17) is 0 Å². The fourth-order valence-electron chi connectivity index (χ4n) is 4.12. The maximum absolute atomic E-state index is 13.4. The van der Waals surface area contributed by atoms with E-state index in [0.717, 1.165) is 41.5 Å². The van der Waals surface area contributed by atoms with Crippen molar-refractivity contribution in [1.29, 1.82) is 0 Å². The molecule has 32 heavy (non-hydrogen) atoms. The first-order valence-electron chi connectivity index (χ1n) is 11.1. The van der Waals surface area contributed by atoms with E-state index < -0.39 is 0 Å². The third-order valence-electron chi connectivity index (χ3n) is 5.89. The molecule has 0 saturated carbocycles. The largest absolute Gasteiger partial charge is 0.353 e. The lowest BCUT2D eigenvalue weighted by Crippen LogP contribution is -2.38. The van der Waals surface area contributed by atoms with E-state index in [2.05, 4.69) is 29.2 Å². The van der Waals surface area contributed by atoms with Gasteiger partial charge in [-0.15, -0.1) is 0 Å². The van der Waals surface area contributed by atoms with Gasteiger partial charge in [0.1, 0.15) is 12.1 Å². The summed E-state index contributed by atoms with van der Waals surface area (Å²) in [5.41, 5.74) is 2.40. The summed E-state index contributed by atoms with van der Waals surface area (Å²) in [5.74, 6) is -0.211. The minimum Gasteiger partial charge on any atom is -0.353 e. The Bertz CT molecular complexity index is 1270. The molecular weight excluding hydrogens is 402 g/mol. The number of amides is 1. The highest BCUT2D eigenvalue weighted by Crippen LogP contribution is 2.27. The normalized spacial score (nSPS) is 11.5. The van der Waals surface area contributed by atoms with E-state index >= 15 is 0 Å². The van der Waals surface area contributed by atoms with Gasteiger partial charge >= 0.3 is 0 Å². The van der Waals surface area contributed by atoms with Crippen molar-refractivity contribution in [1.82, 2.24) is 24.6 Å². The SMILES string of the molecule is CCN(CC)CCNC(=O)Cn1ncc2c3ccccc3n(Cc3ccccc3)c2c1=O. The number of nitrogens with one attached hydrogen (secondary N) is 1. The Morgan fingerprint density at radius 2 is 1.72 bits per heavy atom.